The second kappa shape index (κ2) is 13.6. The van der Waals surface area contributed by atoms with Crippen LogP contribution in [0.25, 0.3) is 0 Å². The van der Waals surface area contributed by atoms with Gasteiger partial charge in [0.05, 0.1) is 17.2 Å². The van der Waals surface area contributed by atoms with Gasteiger partial charge in [0.2, 0.25) is 11.8 Å². The maximum Gasteiger partial charge on any atom is 0.264 e. The number of para-hydroxylation sites is 2. The van der Waals surface area contributed by atoms with Crippen molar-refractivity contribution in [3.8, 4) is 5.75 Å². The average Bonchev–Trinajstić information content (AvgIpc) is 2.91. The van der Waals surface area contributed by atoms with Gasteiger partial charge in [-0.3, -0.25) is 13.9 Å². The first-order chi connectivity index (χ1) is 19.2. The Morgan fingerprint density at radius 1 is 0.927 bits per heavy atom. The largest absolute Gasteiger partial charge is 0.492 e. The molecule has 11 heteroatoms. The first-order valence-electron chi connectivity index (χ1n) is 13.1. The predicted molar refractivity (Wildman–Crippen MR) is 163 cm³/mol. The molecule has 1 N–H and O–H groups in total. The summed E-state index contributed by atoms with van der Waals surface area (Å²) in [7, 11) is -4.26. The van der Waals surface area contributed by atoms with E-state index in [-0.39, 0.29) is 29.6 Å². The van der Waals surface area contributed by atoms with Crippen molar-refractivity contribution in [1.29, 1.82) is 0 Å². The van der Waals surface area contributed by atoms with Gasteiger partial charge in [-0.15, -0.1) is 0 Å². The molecule has 0 unspecified atom stereocenters. The number of nitrogens with one attached hydrogen (secondary N) is 1. The van der Waals surface area contributed by atoms with Crippen molar-refractivity contribution in [1.82, 2.24) is 10.2 Å². The Morgan fingerprint density at radius 3 is 2.05 bits per heavy atom. The van der Waals surface area contributed by atoms with Crippen molar-refractivity contribution < 1.29 is 22.7 Å². The fourth-order valence-corrected chi connectivity index (χ4v) is 5.71. The number of ether oxygens (including phenoxy) is 1. The minimum Gasteiger partial charge on any atom is -0.492 e. The number of hydrogen-bond acceptors (Lipinski definition) is 5. The lowest BCUT2D eigenvalue weighted by molar-refractivity contribution is -0.140. The van der Waals surface area contributed by atoms with Crippen LogP contribution in [0, 0.1) is 0 Å². The standard InChI is InChI=1S/C30H35Cl2N3O5S/c1-6-40-27-10-8-7-9-26(27)35(41(38,39)25-17-15-24(32)16-18-25)20-28(36)34(19-22-11-13-23(31)14-12-22)21(2)29(37)33-30(3,4)5/h7-18,21H,6,19-20H2,1-5H3,(H,33,37)/t21-/m0/s1. The van der Waals surface area contributed by atoms with E-state index < -0.39 is 34.1 Å². The molecule has 0 saturated carbocycles. The molecule has 0 aliphatic heterocycles. The minimum absolute atomic E-state index is 0.0521. The fourth-order valence-electron chi connectivity index (χ4n) is 4.03. The molecule has 0 aliphatic rings. The number of rotatable bonds is 11. The van der Waals surface area contributed by atoms with Gasteiger partial charge >= 0.3 is 0 Å². The molecule has 0 heterocycles. The maximum absolute atomic E-state index is 14.1. The molecule has 0 aliphatic carbocycles. The monoisotopic (exact) mass is 619 g/mol. The summed E-state index contributed by atoms with van der Waals surface area (Å²) in [6.07, 6.45) is 0. The van der Waals surface area contributed by atoms with E-state index in [4.69, 9.17) is 27.9 Å². The Balaban J connectivity index is 2.08. The fraction of sp³-hybridized carbons (Fsp3) is 0.333. The average molecular weight is 621 g/mol. The minimum atomic E-state index is -4.26. The van der Waals surface area contributed by atoms with Crippen molar-refractivity contribution in [2.45, 2.75) is 57.6 Å². The van der Waals surface area contributed by atoms with Gasteiger partial charge in [-0.25, -0.2) is 8.42 Å². The van der Waals surface area contributed by atoms with Crippen LogP contribution in [0.3, 0.4) is 0 Å². The smallest absolute Gasteiger partial charge is 0.264 e. The zero-order valence-corrected chi connectivity index (χ0v) is 26.1. The zero-order valence-electron chi connectivity index (χ0n) is 23.7. The van der Waals surface area contributed by atoms with Crippen molar-refractivity contribution in [2.24, 2.45) is 0 Å². The number of hydrogen-bond donors (Lipinski definition) is 1. The summed E-state index contributed by atoms with van der Waals surface area (Å²) in [5.74, 6) is -0.662. The second-order valence-corrected chi connectivity index (χ2v) is 13.2. The van der Waals surface area contributed by atoms with Crippen molar-refractivity contribution in [3.05, 3.63) is 88.4 Å². The Bertz CT molecular complexity index is 1460. The summed E-state index contributed by atoms with van der Waals surface area (Å²) in [6.45, 7) is 8.67. The van der Waals surface area contributed by atoms with E-state index in [0.29, 0.717) is 15.8 Å². The van der Waals surface area contributed by atoms with Crippen LogP contribution in [-0.2, 0) is 26.2 Å². The summed E-state index contributed by atoms with van der Waals surface area (Å²) in [4.78, 5) is 28.6. The number of anilines is 1. The number of sulfonamides is 1. The number of halogens is 2. The third kappa shape index (κ3) is 8.61. The highest BCUT2D eigenvalue weighted by atomic mass is 35.5. The van der Waals surface area contributed by atoms with Gasteiger partial charge < -0.3 is 15.0 Å². The second-order valence-electron chi connectivity index (χ2n) is 10.4. The molecule has 0 spiro atoms. The molecular weight excluding hydrogens is 585 g/mol. The zero-order chi connectivity index (χ0) is 30.4. The lowest BCUT2D eigenvalue weighted by Gasteiger charge is -2.33. The number of benzene rings is 3. The van der Waals surface area contributed by atoms with Gasteiger partial charge in [-0.05, 0) is 88.7 Å². The van der Waals surface area contributed by atoms with Crippen molar-refractivity contribution >= 4 is 50.7 Å². The highest BCUT2D eigenvalue weighted by Crippen LogP contribution is 2.33. The van der Waals surface area contributed by atoms with Gasteiger partial charge in [0, 0.05) is 22.1 Å². The highest BCUT2D eigenvalue weighted by Gasteiger charge is 2.34. The van der Waals surface area contributed by atoms with Gasteiger partial charge in [0.15, 0.2) is 0 Å². The van der Waals surface area contributed by atoms with Crippen LogP contribution in [0.5, 0.6) is 5.75 Å². The summed E-state index contributed by atoms with van der Waals surface area (Å²) >= 11 is 12.1. The summed E-state index contributed by atoms with van der Waals surface area (Å²) in [5, 5.41) is 3.80. The molecule has 220 valence electrons. The van der Waals surface area contributed by atoms with E-state index in [2.05, 4.69) is 5.32 Å². The van der Waals surface area contributed by atoms with Gasteiger partial charge in [-0.1, -0.05) is 47.5 Å². The maximum atomic E-state index is 14.1. The van der Waals surface area contributed by atoms with Crippen LogP contribution in [0.2, 0.25) is 10.0 Å². The SMILES string of the molecule is CCOc1ccccc1N(CC(=O)N(Cc1ccc(Cl)cc1)[C@@H](C)C(=O)NC(C)(C)C)S(=O)(=O)c1ccc(Cl)cc1. The molecule has 3 aromatic carbocycles. The van der Waals surface area contributed by atoms with Gasteiger partial charge in [0.1, 0.15) is 18.3 Å². The molecule has 1 atom stereocenters. The van der Waals surface area contributed by atoms with E-state index in [1.807, 2.05) is 20.8 Å². The Hall–Kier alpha value is -3.27. The topological polar surface area (TPSA) is 96.0 Å². The Kier molecular flexibility index (Phi) is 10.7. The van der Waals surface area contributed by atoms with E-state index in [1.165, 1.54) is 29.2 Å². The van der Waals surface area contributed by atoms with E-state index >= 15 is 0 Å². The van der Waals surface area contributed by atoms with Crippen LogP contribution in [0.15, 0.2) is 77.7 Å². The van der Waals surface area contributed by atoms with Crippen LogP contribution in [0.4, 0.5) is 5.69 Å². The quantitative estimate of drug-likeness (QED) is 0.287. The Morgan fingerprint density at radius 2 is 1.49 bits per heavy atom. The molecule has 0 bridgehead atoms. The lowest BCUT2D eigenvalue weighted by atomic mass is 10.1. The van der Waals surface area contributed by atoms with Crippen LogP contribution < -0.4 is 14.4 Å². The van der Waals surface area contributed by atoms with Crippen molar-refractivity contribution in [3.63, 3.8) is 0 Å². The molecule has 0 radical (unpaired) electrons. The van der Waals surface area contributed by atoms with Gasteiger partial charge in [0.25, 0.3) is 10.0 Å². The summed E-state index contributed by atoms with van der Waals surface area (Å²) in [5.41, 5.74) is 0.372. The van der Waals surface area contributed by atoms with E-state index in [0.717, 1.165) is 9.87 Å². The third-order valence-electron chi connectivity index (χ3n) is 6.05. The number of amides is 2. The predicted octanol–water partition coefficient (Wildman–Crippen LogP) is 5.92. The van der Waals surface area contributed by atoms with Crippen LogP contribution in [-0.4, -0.2) is 49.9 Å². The molecule has 0 fully saturated rings. The molecule has 0 saturated heterocycles. The molecule has 0 aromatic heterocycles. The molecule has 3 rings (SSSR count). The first-order valence-corrected chi connectivity index (χ1v) is 15.3. The molecule has 2 amide bonds. The summed E-state index contributed by atoms with van der Waals surface area (Å²) < 4.78 is 34.8. The molecule has 41 heavy (non-hydrogen) atoms. The first kappa shape index (κ1) is 32.2. The lowest BCUT2D eigenvalue weighted by Crippen LogP contribution is -2.54. The van der Waals surface area contributed by atoms with Crippen molar-refractivity contribution in [2.75, 3.05) is 17.5 Å². The van der Waals surface area contributed by atoms with Gasteiger partial charge in [-0.2, -0.15) is 0 Å². The normalized spacial score (nSPS) is 12.4. The number of nitrogens with zero attached hydrogens (tertiary/aromatic N) is 2. The molecule has 3 aromatic rings. The third-order valence-corrected chi connectivity index (χ3v) is 8.32. The summed E-state index contributed by atoms with van der Waals surface area (Å²) in [6, 6.07) is 18.3. The van der Waals surface area contributed by atoms with E-state index in [9.17, 15) is 18.0 Å². The molecular formula is C30H35Cl2N3O5S. The van der Waals surface area contributed by atoms with Crippen LogP contribution in [0.1, 0.15) is 40.2 Å². The Labute approximate surface area is 252 Å². The number of carbonyl (C=O) groups is 2. The van der Waals surface area contributed by atoms with Crippen LogP contribution >= 0.6 is 23.2 Å². The molecule has 8 nitrogen and oxygen atoms in total. The highest BCUT2D eigenvalue weighted by molar-refractivity contribution is 7.92. The number of carbonyl (C=O) groups excluding carboxylic acids is 2. The van der Waals surface area contributed by atoms with E-state index in [1.54, 1.807) is 62.4 Å².